The van der Waals surface area contributed by atoms with Gasteiger partial charge in [0.2, 0.25) is 0 Å². The molecule has 1 aromatic carbocycles. The molecule has 0 unspecified atom stereocenters. The number of urea groups is 1. The van der Waals surface area contributed by atoms with Crippen LogP contribution in [0, 0.1) is 0 Å². The molecule has 0 atom stereocenters. The number of benzene rings is 1. The van der Waals surface area contributed by atoms with Crippen LogP contribution >= 0.6 is 0 Å². The maximum Gasteiger partial charge on any atom is 0.319 e. The molecule has 0 bridgehead atoms. The van der Waals surface area contributed by atoms with Gasteiger partial charge in [-0.05, 0) is 45.1 Å². The minimum Gasteiger partial charge on any atom is -0.497 e. The van der Waals surface area contributed by atoms with Gasteiger partial charge in [0, 0.05) is 30.4 Å². The zero-order valence-corrected chi connectivity index (χ0v) is 18.3. The molecule has 0 fully saturated rings. The van der Waals surface area contributed by atoms with Crippen molar-refractivity contribution in [3.05, 3.63) is 65.7 Å². The Labute approximate surface area is 182 Å². The van der Waals surface area contributed by atoms with E-state index in [-0.39, 0.29) is 25.0 Å². The van der Waals surface area contributed by atoms with Crippen LogP contribution in [0.2, 0.25) is 0 Å². The van der Waals surface area contributed by atoms with Crippen molar-refractivity contribution in [2.75, 3.05) is 13.7 Å². The Morgan fingerprint density at radius 2 is 2.03 bits per heavy atom. The predicted molar refractivity (Wildman–Crippen MR) is 118 cm³/mol. The first kappa shape index (κ1) is 22.1. The van der Waals surface area contributed by atoms with Crippen LogP contribution in [0.15, 0.2) is 65.2 Å². The predicted octanol–water partition coefficient (Wildman–Crippen LogP) is 3.43. The standard InChI is InChI=1S/C23H28N4O4/c1-23(2,3)31-21(28)12-13-24-22(29)25-17-8-9-18-10-11-20(26-27(18)15-17)16-6-5-7-19(14-16)30-4/h5-7,9-11,14-15H,8,12-13H2,1-4H3,(H2,24,25,29). The van der Waals surface area contributed by atoms with Crippen molar-refractivity contribution in [1.29, 1.82) is 0 Å². The molecule has 31 heavy (non-hydrogen) atoms. The van der Waals surface area contributed by atoms with Gasteiger partial charge >= 0.3 is 12.0 Å². The number of carbonyl (C=O) groups excluding carboxylic acids is 2. The third-order valence-corrected chi connectivity index (χ3v) is 4.38. The van der Waals surface area contributed by atoms with Crippen LogP contribution < -0.4 is 15.4 Å². The molecular formula is C23H28N4O4. The number of hydrazone groups is 1. The molecule has 0 spiro atoms. The summed E-state index contributed by atoms with van der Waals surface area (Å²) in [7, 11) is 1.63. The lowest BCUT2D eigenvalue weighted by molar-refractivity contribution is -0.154. The molecule has 164 valence electrons. The first-order valence-corrected chi connectivity index (χ1v) is 10.1. The molecule has 3 rings (SSSR count). The molecule has 0 radical (unpaired) electrons. The summed E-state index contributed by atoms with van der Waals surface area (Å²) in [4.78, 5) is 23.9. The highest BCUT2D eigenvalue weighted by atomic mass is 16.6. The van der Waals surface area contributed by atoms with E-state index >= 15 is 0 Å². The number of nitrogens with zero attached hydrogens (tertiary/aromatic N) is 2. The molecule has 0 saturated carbocycles. The molecule has 2 aliphatic rings. The third-order valence-electron chi connectivity index (χ3n) is 4.38. The topological polar surface area (TPSA) is 92.3 Å². The van der Waals surface area contributed by atoms with E-state index in [9.17, 15) is 9.59 Å². The summed E-state index contributed by atoms with van der Waals surface area (Å²) >= 11 is 0. The normalized spacial score (nSPS) is 15.2. The van der Waals surface area contributed by atoms with Crippen molar-refractivity contribution in [2.24, 2.45) is 5.10 Å². The number of amides is 2. The molecule has 8 heteroatoms. The van der Waals surface area contributed by atoms with Crippen molar-refractivity contribution in [3.8, 4) is 5.75 Å². The van der Waals surface area contributed by atoms with Crippen molar-refractivity contribution in [1.82, 2.24) is 15.6 Å². The molecule has 0 aliphatic carbocycles. The Bertz CT molecular complexity index is 970. The van der Waals surface area contributed by atoms with Crippen LogP contribution in [0.1, 0.15) is 39.2 Å². The highest BCUT2D eigenvalue weighted by Gasteiger charge is 2.19. The molecule has 0 saturated heterocycles. The Morgan fingerprint density at radius 3 is 2.77 bits per heavy atom. The fourth-order valence-corrected chi connectivity index (χ4v) is 3.01. The van der Waals surface area contributed by atoms with Crippen LogP contribution in [0.3, 0.4) is 0 Å². The molecule has 2 N–H and O–H groups in total. The van der Waals surface area contributed by atoms with Gasteiger partial charge in [-0.2, -0.15) is 5.10 Å². The monoisotopic (exact) mass is 424 g/mol. The Hall–Kier alpha value is -3.55. The van der Waals surface area contributed by atoms with Crippen molar-refractivity contribution in [2.45, 2.75) is 39.2 Å². The van der Waals surface area contributed by atoms with Crippen molar-refractivity contribution in [3.63, 3.8) is 0 Å². The van der Waals surface area contributed by atoms with Crippen LogP contribution in [-0.4, -0.2) is 42.0 Å². The lowest BCUT2D eigenvalue weighted by Gasteiger charge is -2.26. The van der Waals surface area contributed by atoms with Gasteiger partial charge in [-0.3, -0.25) is 4.79 Å². The average Bonchev–Trinajstić information content (AvgIpc) is 2.72. The minimum atomic E-state index is -0.538. The number of hydrogen-bond donors (Lipinski definition) is 2. The van der Waals surface area contributed by atoms with Crippen molar-refractivity contribution >= 4 is 17.7 Å². The summed E-state index contributed by atoms with van der Waals surface area (Å²) < 4.78 is 10.5. The molecule has 1 aromatic rings. The third kappa shape index (κ3) is 6.47. The van der Waals surface area contributed by atoms with E-state index in [1.54, 1.807) is 39.1 Å². The SMILES string of the molecule is COc1cccc(C2=NN3C=C(NC(=O)NCCC(=O)OC(C)(C)C)CC=C3C=C2)c1. The summed E-state index contributed by atoms with van der Waals surface area (Å²) in [5, 5.41) is 11.9. The number of allylic oxidation sites excluding steroid dienone is 3. The summed E-state index contributed by atoms with van der Waals surface area (Å²) in [5.41, 5.74) is 2.81. The average molecular weight is 425 g/mol. The summed E-state index contributed by atoms with van der Waals surface area (Å²) in [5.74, 6) is 0.409. The number of fused-ring (bicyclic) bond motifs is 1. The second kappa shape index (κ2) is 9.51. The first-order valence-electron chi connectivity index (χ1n) is 10.1. The largest absolute Gasteiger partial charge is 0.497 e. The highest BCUT2D eigenvalue weighted by Crippen LogP contribution is 2.24. The van der Waals surface area contributed by atoms with Gasteiger partial charge in [0.05, 0.1) is 24.9 Å². The van der Waals surface area contributed by atoms with E-state index in [1.165, 1.54) is 0 Å². The number of methoxy groups -OCH3 is 1. The zero-order valence-electron chi connectivity index (χ0n) is 18.3. The Morgan fingerprint density at radius 1 is 1.23 bits per heavy atom. The second-order valence-electron chi connectivity index (χ2n) is 8.10. The van der Waals surface area contributed by atoms with E-state index in [4.69, 9.17) is 9.47 Å². The number of nitrogens with one attached hydrogen (secondary N) is 2. The second-order valence-corrected chi connectivity index (χ2v) is 8.10. The number of ether oxygens (including phenoxy) is 2. The number of carbonyl (C=O) groups is 2. The van der Waals surface area contributed by atoms with E-state index in [0.717, 1.165) is 22.7 Å². The summed E-state index contributed by atoms with van der Waals surface area (Å²) in [6, 6.07) is 7.30. The van der Waals surface area contributed by atoms with E-state index < -0.39 is 5.60 Å². The molecule has 2 aliphatic heterocycles. The molecule has 0 aromatic heterocycles. The number of hydrogen-bond acceptors (Lipinski definition) is 6. The van der Waals surface area contributed by atoms with Gasteiger partial charge in [0.25, 0.3) is 0 Å². The lowest BCUT2D eigenvalue weighted by atomic mass is 10.1. The van der Waals surface area contributed by atoms with Gasteiger partial charge in [0.1, 0.15) is 11.4 Å². The highest BCUT2D eigenvalue weighted by molar-refractivity contribution is 6.09. The Kier molecular flexibility index (Phi) is 6.79. The quantitative estimate of drug-likeness (QED) is 0.683. The van der Waals surface area contributed by atoms with Crippen LogP contribution in [-0.2, 0) is 9.53 Å². The van der Waals surface area contributed by atoms with E-state index in [0.29, 0.717) is 12.1 Å². The van der Waals surface area contributed by atoms with E-state index in [1.807, 2.05) is 42.5 Å². The molecule has 8 nitrogen and oxygen atoms in total. The number of rotatable bonds is 6. The zero-order chi connectivity index (χ0) is 22.4. The van der Waals surface area contributed by atoms with E-state index in [2.05, 4.69) is 15.7 Å². The lowest BCUT2D eigenvalue weighted by Crippen LogP contribution is -2.37. The summed E-state index contributed by atoms with van der Waals surface area (Å²) in [6.45, 7) is 5.61. The van der Waals surface area contributed by atoms with Crippen molar-refractivity contribution < 1.29 is 19.1 Å². The molecular weight excluding hydrogens is 396 g/mol. The molecule has 2 heterocycles. The fourth-order valence-electron chi connectivity index (χ4n) is 3.01. The Balaban J connectivity index is 1.56. The van der Waals surface area contributed by atoms with Gasteiger partial charge < -0.3 is 20.1 Å². The number of esters is 1. The maximum atomic E-state index is 12.2. The molecule has 2 amide bonds. The maximum absolute atomic E-state index is 12.2. The van der Waals surface area contributed by atoms with Crippen LogP contribution in [0.4, 0.5) is 4.79 Å². The minimum absolute atomic E-state index is 0.110. The van der Waals surface area contributed by atoms with Crippen LogP contribution in [0.5, 0.6) is 5.75 Å². The summed E-state index contributed by atoms with van der Waals surface area (Å²) in [6.07, 6.45) is 8.38. The van der Waals surface area contributed by atoms with Crippen LogP contribution in [0.25, 0.3) is 0 Å². The van der Waals surface area contributed by atoms with Gasteiger partial charge in [-0.25, -0.2) is 9.80 Å². The van der Waals surface area contributed by atoms with Gasteiger partial charge in [0.15, 0.2) is 0 Å². The van der Waals surface area contributed by atoms with Gasteiger partial charge in [-0.15, -0.1) is 0 Å². The fraction of sp³-hybridized carbons (Fsp3) is 0.348. The smallest absolute Gasteiger partial charge is 0.319 e. The van der Waals surface area contributed by atoms with Gasteiger partial charge in [-0.1, -0.05) is 18.2 Å². The first-order chi connectivity index (χ1) is 14.7.